The Balaban J connectivity index is 1.60. The van der Waals surface area contributed by atoms with Crippen LogP contribution in [0.15, 0.2) is 23.0 Å². The van der Waals surface area contributed by atoms with Crippen LogP contribution in [-0.4, -0.2) is 138 Å². The summed E-state index contributed by atoms with van der Waals surface area (Å²) in [5.74, 6) is -7.62. The molecule has 1 heterocycles. The van der Waals surface area contributed by atoms with Gasteiger partial charge in [-0.15, -0.1) is 0 Å². The maximum Gasteiger partial charge on any atom is 0.255 e. The number of amides is 2. The molecule has 14 nitrogen and oxygen atoms in total. The molecule has 4 atom stereocenters. The summed E-state index contributed by atoms with van der Waals surface area (Å²) in [4.78, 5) is 60.0. The topological polar surface area (TPSA) is 200 Å². The zero-order chi connectivity index (χ0) is 32.4. The molecule has 1 aromatic rings. The van der Waals surface area contributed by atoms with Crippen molar-refractivity contribution in [2.75, 3.05) is 78.2 Å². The molecule has 0 spiro atoms. The maximum atomic E-state index is 14.1. The van der Waals surface area contributed by atoms with E-state index >= 15 is 0 Å². The number of hydrogen-bond donors (Lipinski definition) is 6. The van der Waals surface area contributed by atoms with E-state index in [0.29, 0.717) is 24.3 Å². The summed E-state index contributed by atoms with van der Waals surface area (Å²) in [6.45, 7) is 3.16. The van der Waals surface area contributed by atoms with Crippen molar-refractivity contribution in [1.82, 2.24) is 14.7 Å². The van der Waals surface area contributed by atoms with Crippen LogP contribution in [0.1, 0.15) is 17.5 Å². The minimum atomic E-state index is -2.72. The van der Waals surface area contributed by atoms with E-state index in [1.165, 1.54) is 4.90 Å². The standard InChI is InChI=1S/C30H40N6O8/c1-33(2)18-12-17(32-19(37)13-36-8-6-35(5)7-9-36)24(38)21-15(18)10-14-11-16-23(34(3)4)26(40)22(29(31)43)28(42)30(16,44)27(41)20(14)25(21)39/h12,14,16,23,38-39,42,44H,6-11,13H2,1-5H3,(H2,31,43)(H,32,37)/t14?,16?,23-,30-/m0/s1. The number of nitrogens with one attached hydrogen (secondary N) is 1. The largest absolute Gasteiger partial charge is 0.508 e. The number of aliphatic hydroxyl groups excluding tert-OH is 2. The summed E-state index contributed by atoms with van der Waals surface area (Å²) in [5.41, 5.74) is 2.59. The summed E-state index contributed by atoms with van der Waals surface area (Å²) in [6.07, 6.45) is 0.133. The van der Waals surface area contributed by atoms with Crippen molar-refractivity contribution in [3.8, 4) is 5.75 Å². The summed E-state index contributed by atoms with van der Waals surface area (Å²) < 4.78 is 0. The third-order valence-corrected chi connectivity index (χ3v) is 9.42. The van der Waals surface area contributed by atoms with Gasteiger partial charge in [0.2, 0.25) is 11.7 Å². The molecule has 0 aromatic heterocycles. The summed E-state index contributed by atoms with van der Waals surface area (Å²) >= 11 is 0. The molecule has 7 N–H and O–H groups in total. The predicted molar refractivity (Wildman–Crippen MR) is 161 cm³/mol. The Bertz CT molecular complexity index is 1510. The number of carbonyl (C=O) groups is 4. The van der Waals surface area contributed by atoms with E-state index in [9.17, 15) is 39.6 Å². The van der Waals surface area contributed by atoms with Crippen LogP contribution in [0.25, 0.3) is 5.76 Å². The van der Waals surface area contributed by atoms with Gasteiger partial charge in [0.15, 0.2) is 11.4 Å². The molecule has 2 unspecified atom stereocenters. The van der Waals surface area contributed by atoms with Crippen LogP contribution in [0.4, 0.5) is 11.4 Å². The van der Waals surface area contributed by atoms with Crippen molar-refractivity contribution in [2.24, 2.45) is 17.6 Å². The Kier molecular flexibility index (Phi) is 7.99. The number of nitrogens with two attached hydrogens (primary N) is 1. The first-order valence-corrected chi connectivity index (χ1v) is 14.5. The number of anilines is 2. The van der Waals surface area contributed by atoms with Crippen molar-refractivity contribution >= 4 is 40.5 Å². The molecule has 2 fully saturated rings. The molecule has 1 saturated heterocycles. The van der Waals surface area contributed by atoms with Gasteiger partial charge in [-0.1, -0.05) is 0 Å². The highest BCUT2D eigenvalue weighted by Crippen LogP contribution is 2.54. The zero-order valence-electron chi connectivity index (χ0n) is 25.5. The van der Waals surface area contributed by atoms with Crippen molar-refractivity contribution in [2.45, 2.75) is 24.5 Å². The first kappa shape index (κ1) is 31.4. The van der Waals surface area contributed by atoms with Gasteiger partial charge < -0.3 is 41.3 Å². The number of carbonyl (C=O) groups excluding carboxylic acids is 4. The zero-order valence-corrected chi connectivity index (χ0v) is 25.5. The van der Waals surface area contributed by atoms with Crippen molar-refractivity contribution in [3.05, 3.63) is 34.1 Å². The Labute approximate surface area is 255 Å². The van der Waals surface area contributed by atoms with Crippen LogP contribution in [0.3, 0.4) is 0 Å². The number of aliphatic hydroxyl groups is 3. The van der Waals surface area contributed by atoms with Gasteiger partial charge in [0, 0.05) is 57.5 Å². The molecule has 0 bridgehead atoms. The summed E-state index contributed by atoms with van der Waals surface area (Å²) in [7, 11) is 8.64. The molecule has 4 aliphatic rings. The second-order valence-corrected chi connectivity index (χ2v) is 12.6. The number of benzene rings is 1. The Morgan fingerprint density at radius 2 is 1.73 bits per heavy atom. The van der Waals surface area contributed by atoms with Crippen LogP contribution in [0, 0.1) is 11.8 Å². The number of rotatable bonds is 6. The number of fused-ring (bicyclic) bond motifs is 3. The Morgan fingerprint density at radius 1 is 1.09 bits per heavy atom. The fourth-order valence-corrected chi connectivity index (χ4v) is 7.18. The van der Waals surface area contributed by atoms with E-state index in [2.05, 4.69) is 10.2 Å². The first-order valence-electron chi connectivity index (χ1n) is 14.5. The van der Waals surface area contributed by atoms with E-state index < -0.39 is 63.8 Å². The van der Waals surface area contributed by atoms with Crippen LogP contribution in [0.2, 0.25) is 0 Å². The van der Waals surface area contributed by atoms with E-state index in [0.717, 1.165) is 13.1 Å². The van der Waals surface area contributed by atoms with Gasteiger partial charge in [-0.05, 0) is 51.5 Å². The Hall–Kier alpha value is -3.98. The van der Waals surface area contributed by atoms with Crippen LogP contribution in [0.5, 0.6) is 5.75 Å². The average molecular weight is 613 g/mol. The quantitative estimate of drug-likeness (QED) is 0.173. The smallest absolute Gasteiger partial charge is 0.255 e. The minimum Gasteiger partial charge on any atom is -0.508 e. The lowest BCUT2D eigenvalue weighted by molar-refractivity contribution is -0.153. The SMILES string of the molecule is CN1CCN(CC(=O)Nc2cc(N(C)C)c3c(c2O)C(O)=C2C(=O)[C@]4(O)C(O)=C(C(N)=O)C(=O)[C@@H](N(C)C)C4CC2C3)CC1. The highest BCUT2D eigenvalue weighted by Gasteiger charge is 2.64. The van der Waals surface area contributed by atoms with Crippen molar-refractivity contribution in [1.29, 1.82) is 0 Å². The average Bonchev–Trinajstić information content (AvgIpc) is 2.93. The van der Waals surface area contributed by atoms with Gasteiger partial charge in [0.1, 0.15) is 22.8 Å². The second kappa shape index (κ2) is 11.2. The molecule has 238 valence electrons. The molecule has 5 rings (SSSR count). The molecule has 1 saturated carbocycles. The molecule has 1 aromatic carbocycles. The fraction of sp³-hybridized carbons (Fsp3) is 0.533. The lowest BCUT2D eigenvalue weighted by atomic mass is 9.57. The number of phenolic OH excluding ortho intramolecular Hbond substituents is 1. The van der Waals surface area contributed by atoms with Gasteiger partial charge in [-0.25, -0.2) is 0 Å². The number of primary amides is 1. The minimum absolute atomic E-state index is 0.0110. The predicted octanol–water partition coefficient (Wildman–Crippen LogP) is -0.784. The third-order valence-electron chi connectivity index (χ3n) is 9.42. The number of aromatic hydroxyl groups is 1. The van der Waals surface area contributed by atoms with Gasteiger partial charge in [-0.3, -0.25) is 29.0 Å². The number of ketones is 2. The molecule has 3 aliphatic carbocycles. The first-order chi connectivity index (χ1) is 20.6. The van der Waals surface area contributed by atoms with Crippen LogP contribution < -0.4 is 16.0 Å². The van der Waals surface area contributed by atoms with Gasteiger partial charge in [0.25, 0.3) is 5.91 Å². The van der Waals surface area contributed by atoms with E-state index in [1.807, 2.05) is 11.9 Å². The lowest BCUT2D eigenvalue weighted by Crippen LogP contribution is -2.65. The number of Topliss-reactive ketones (excluding diaryl/α,β-unsaturated/α-hetero) is 2. The van der Waals surface area contributed by atoms with Crippen molar-refractivity contribution in [3.63, 3.8) is 0 Å². The third kappa shape index (κ3) is 4.82. The number of hydrogen-bond acceptors (Lipinski definition) is 12. The molecule has 1 aliphatic heterocycles. The van der Waals surface area contributed by atoms with Gasteiger partial charge >= 0.3 is 0 Å². The summed E-state index contributed by atoms with van der Waals surface area (Å²) in [6, 6.07) is 0.447. The van der Waals surface area contributed by atoms with E-state index in [1.54, 1.807) is 39.2 Å². The molecule has 44 heavy (non-hydrogen) atoms. The Morgan fingerprint density at radius 3 is 2.30 bits per heavy atom. The molecular formula is C30H40N6O8. The number of phenols is 1. The molecule has 0 radical (unpaired) electrons. The molecular weight excluding hydrogens is 572 g/mol. The monoisotopic (exact) mass is 612 g/mol. The normalized spacial score (nSPS) is 27.7. The number of nitrogens with zero attached hydrogens (tertiary/aromatic N) is 4. The highest BCUT2D eigenvalue weighted by molar-refractivity contribution is 6.24. The molecule has 14 heteroatoms. The molecule has 2 amide bonds. The van der Waals surface area contributed by atoms with Gasteiger partial charge in [0.05, 0.1) is 23.8 Å². The highest BCUT2D eigenvalue weighted by atomic mass is 16.3. The van der Waals surface area contributed by atoms with E-state index in [-0.39, 0.29) is 42.1 Å². The summed E-state index contributed by atoms with van der Waals surface area (Å²) in [5, 5.41) is 48.6. The number of piperazine rings is 1. The fourth-order valence-electron chi connectivity index (χ4n) is 7.18. The van der Waals surface area contributed by atoms with E-state index in [4.69, 9.17) is 5.73 Å². The van der Waals surface area contributed by atoms with Crippen LogP contribution >= 0.6 is 0 Å². The second-order valence-electron chi connectivity index (χ2n) is 12.6. The van der Waals surface area contributed by atoms with Gasteiger partial charge in [-0.2, -0.15) is 0 Å². The van der Waals surface area contributed by atoms with Crippen LogP contribution in [-0.2, 0) is 25.6 Å². The maximum absolute atomic E-state index is 14.1. The van der Waals surface area contributed by atoms with Crippen molar-refractivity contribution < 1.29 is 39.6 Å². The lowest BCUT2D eigenvalue weighted by Gasteiger charge is -2.50. The number of likely N-dealkylation sites (N-methyl/N-ethyl adjacent to an activating group) is 2.